The van der Waals surface area contributed by atoms with Crippen LogP contribution in [-0.2, 0) is 11.2 Å². The van der Waals surface area contributed by atoms with Crippen LogP contribution >= 0.6 is 0 Å². The standard InChI is InChI=1S/C28H30F3N5O5/c1-33-25(38)21(20-7-3-5-9-23(20)41-28(29,30)31)16-35(27(33)40)17-24(37)34-13-11-19(12-14-34)36-15-10-18-6-2-4-8-22(18)32-26(36)39/h2-9,16,19,25,38H,10-15,17H2,1H3,(H,32,39). The van der Waals surface area contributed by atoms with E-state index in [9.17, 15) is 32.7 Å². The maximum Gasteiger partial charge on any atom is 0.573 e. The van der Waals surface area contributed by atoms with Gasteiger partial charge >= 0.3 is 18.4 Å². The minimum Gasteiger partial charge on any atom is -0.405 e. The number of aliphatic hydroxyl groups is 1. The molecule has 13 heteroatoms. The molecule has 0 saturated carbocycles. The number of amides is 5. The Hall–Kier alpha value is -4.26. The van der Waals surface area contributed by atoms with Gasteiger partial charge in [-0.3, -0.25) is 14.6 Å². The number of likely N-dealkylation sites (N-methyl/N-ethyl adjacent to an activating group) is 1. The van der Waals surface area contributed by atoms with Crippen molar-refractivity contribution >= 4 is 29.2 Å². The van der Waals surface area contributed by atoms with Gasteiger partial charge in [0.2, 0.25) is 5.91 Å². The van der Waals surface area contributed by atoms with Crippen LogP contribution in [-0.4, -0.2) is 94.5 Å². The molecule has 1 saturated heterocycles. The molecule has 2 N–H and O–H groups in total. The molecule has 0 bridgehead atoms. The largest absolute Gasteiger partial charge is 0.573 e. The van der Waals surface area contributed by atoms with Crippen LogP contribution in [0.3, 0.4) is 0 Å². The van der Waals surface area contributed by atoms with Crippen molar-refractivity contribution in [1.82, 2.24) is 19.6 Å². The third-order valence-electron chi connectivity index (χ3n) is 7.62. The van der Waals surface area contributed by atoms with Crippen molar-refractivity contribution in [3.63, 3.8) is 0 Å². The second kappa shape index (κ2) is 11.3. The second-order valence-electron chi connectivity index (χ2n) is 10.2. The molecule has 5 rings (SSSR count). The van der Waals surface area contributed by atoms with Gasteiger partial charge in [0.1, 0.15) is 12.3 Å². The monoisotopic (exact) mass is 573 g/mol. The number of halogens is 3. The van der Waals surface area contributed by atoms with Crippen molar-refractivity contribution in [3.8, 4) is 5.75 Å². The Bertz CT molecular complexity index is 1360. The van der Waals surface area contributed by atoms with Gasteiger partial charge in [-0.1, -0.05) is 36.4 Å². The van der Waals surface area contributed by atoms with Crippen molar-refractivity contribution in [2.45, 2.75) is 37.9 Å². The number of likely N-dealkylation sites (tertiary alicyclic amines) is 1. The van der Waals surface area contributed by atoms with Gasteiger partial charge in [-0.2, -0.15) is 0 Å². The Kier molecular flexibility index (Phi) is 7.80. The number of carbonyl (C=O) groups is 3. The molecule has 41 heavy (non-hydrogen) atoms. The molecule has 2 aromatic carbocycles. The molecule has 1 unspecified atom stereocenters. The first-order valence-electron chi connectivity index (χ1n) is 13.2. The first-order valence-corrected chi connectivity index (χ1v) is 13.2. The second-order valence-corrected chi connectivity index (χ2v) is 10.2. The van der Waals surface area contributed by atoms with E-state index in [4.69, 9.17) is 0 Å². The van der Waals surface area contributed by atoms with Gasteiger partial charge in [0.05, 0.1) is 0 Å². The van der Waals surface area contributed by atoms with Gasteiger partial charge in [-0.15, -0.1) is 13.2 Å². The van der Waals surface area contributed by atoms with Crippen LogP contribution in [0.2, 0.25) is 0 Å². The number of ether oxygens (including phenoxy) is 1. The molecule has 1 fully saturated rings. The van der Waals surface area contributed by atoms with Crippen LogP contribution in [0.25, 0.3) is 5.57 Å². The minimum atomic E-state index is -4.96. The number of hydrogen-bond donors (Lipinski definition) is 2. The van der Waals surface area contributed by atoms with Crippen molar-refractivity contribution in [1.29, 1.82) is 0 Å². The normalized spacial score (nSPS) is 20.3. The highest BCUT2D eigenvalue weighted by Gasteiger charge is 2.38. The molecule has 3 aliphatic heterocycles. The molecule has 0 spiro atoms. The number of alkyl halides is 3. The van der Waals surface area contributed by atoms with Crippen molar-refractivity contribution < 1.29 is 37.4 Å². The zero-order valence-electron chi connectivity index (χ0n) is 22.3. The molecule has 1 atom stereocenters. The number of fused-ring (bicyclic) bond motifs is 1. The van der Waals surface area contributed by atoms with E-state index in [0.717, 1.165) is 33.5 Å². The summed E-state index contributed by atoms with van der Waals surface area (Å²) in [6, 6.07) is 12.0. The van der Waals surface area contributed by atoms with E-state index in [2.05, 4.69) is 10.1 Å². The Labute approximate surface area is 234 Å². The fourth-order valence-corrected chi connectivity index (χ4v) is 5.46. The first kappa shape index (κ1) is 28.3. The van der Waals surface area contributed by atoms with Crippen LogP contribution in [0.1, 0.15) is 24.0 Å². The third-order valence-corrected chi connectivity index (χ3v) is 7.62. The summed E-state index contributed by atoms with van der Waals surface area (Å²) < 4.78 is 43.0. The van der Waals surface area contributed by atoms with Gasteiger partial charge in [-0.05, 0) is 37.0 Å². The number of piperidine rings is 1. The Morgan fingerprint density at radius 3 is 2.46 bits per heavy atom. The average Bonchev–Trinajstić information content (AvgIpc) is 3.11. The zero-order valence-corrected chi connectivity index (χ0v) is 22.3. The highest BCUT2D eigenvalue weighted by molar-refractivity contribution is 5.92. The summed E-state index contributed by atoms with van der Waals surface area (Å²) in [7, 11) is 1.29. The number of para-hydroxylation sites is 2. The minimum absolute atomic E-state index is 0.0216. The quantitative estimate of drug-likeness (QED) is 0.568. The lowest BCUT2D eigenvalue weighted by Gasteiger charge is -2.39. The summed E-state index contributed by atoms with van der Waals surface area (Å²) in [4.78, 5) is 44.4. The molecule has 10 nitrogen and oxygen atoms in total. The van der Waals surface area contributed by atoms with E-state index in [0.29, 0.717) is 32.5 Å². The van der Waals surface area contributed by atoms with E-state index >= 15 is 0 Å². The van der Waals surface area contributed by atoms with E-state index in [-0.39, 0.29) is 35.7 Å². The lowest BCUT2D eigenvalue weighted by Crippen LogP contribution is -2.54. The van der Waals surface area contributed by atoms with Gasteiger partial charge in [0, 0.05) is 55.7 Å². The van der Waals surface area contributed by atoms with Crippen LogP contribution in [0.5, 0.6) is 5.75 Å². The molecule has 0 radical (unpaired) electrons. The van der Waals surface area contributed by atoms with E-state index in [1.165, 1.54) is 31.4 Å². The molecular formula is C28H30F3N5O5. The number of urea groups is 2. The highest BCUT2D eigenvalue weighted by Crippen LogP contribution is 2.35. The number of benzene rings is 2. The number of carbonyl (C=O) groups excluding carboxylic acids is 3. The fourth-order valence-electron chi connectivity index (χ4n) is 5.46. The smallest absolute Gasteiger partial charge is 0.405 e. The summed E-state index contributed by atoms with van der Waals surface area (Å²) in [6.07, 6.45) is -3.48. The van der Waals surface area contributed by atoms with Crippen molar-refractivity contribution in [2.24, 2.45) is 0 Å². The maximum atomic E-state index is 13.2. The predicted octanol–water partition coefficient (Wildman–Crippen LogP) is 3.69. The molecule has 3 heterocycles. The van der Waals surface area contributed by atoms with E-state index < -0.39 is 24.4 Å². The lowest BCUT2D eigenvalue weighted by atomic mass is 10.0. The lowest BCUT2D eigenvalue weighted by molar-refractivity contribution is -0.274. The van der Waals surface area contributed by atoms with Gasteiger partial charge in [0.25, 0.3) is 0 Å². The Morgan fingerprint density at radius 2 is 1.73 bits per heavy atom. The predicted molar refractivity (Wildman–Crippen MR) is 142 cm³/mol. The maximum absolute atomic E-state index is 13.2. The zero-order chi connectivity index (χ0) is 29.3. The summed E-state index contributed by atoms with van der Waals surface area (Å²) >= 11 is 0. The van der Waals surface area contributed by atoms with Crippen LogP contribution in [0, 0.1) is 0 Å². The summed E-state index contributed by atoms with van der Waals surface area (Å²) in [5.41, 5.74) is 1.78. The molecule has 5 amide bonds. The van der Waals surface area contributed by atoms with Gasteiger partial charge < -0.3 is 25.0 Å². The summed E-state index contributed by atoms with van der Waals surface area (Å²) in [6.45, 7) is 0.941. The van der Waals surface area contributed by atoms with E-state index in [1.54, 1.807) is 4.90 Å². The van der Waals surface area contributed by atoms with Crippen molar-refractivity contribution in [2.75, 3.05) is 38.5 Å². The molecular weight excluding hydrogens is 543 g/mol. The number of nitrogens with one attached hydrogen (secondary N) is 1. The molecule has 2 aromatic rings. The van der Waals surface area contributed by atoms with Crippen LogP contribution < -0.4 is 10.1 Å². The molecule has 218 valence electrons. The SMILES string of the molecule is CN1C(=O)N(CC(=O)N2CCC(N3CCc4ccccc4NC3=O)CC2)C=C(c2ccccc2OC(F)(F)F)C1O. The Morgan fingerprint density at radius 1 is 1.05 bits per heavy atom. The number of nitrogens with zero attached hydrogens (tertiary/aromatic N) is 4. The van der Waals surface area contributed by atoms with Gasteiger partial charge in [-0.25, -0.2) is 9.59 Å². The molecule has 0 aliphatic carbocycles. The number of aliphatic hydroxyl groups excluding tert-OH is 1. The molecule has 0 aromatic heterocycles. The number of rotatable bonds is 5. The summed E-state index contributed by atoms with van der Waals surface area (Å²) in [5, 5.41) is 13.6. The van der Waals surface area contributed by atoms with Crippen LogP contribution in [0.4, 0.5) is 28.4 Å². The Balaban J connectivity index is 1.25. The summed E-state index contributed by atoms with van der Waals surface area (Å²) in [5.74, 6) is -0.896. The third kappa shape index (κ3) is 6.09. The molecule has 3 aliphatic rings. The van der Waals surface area contributed by atoms with Crippen molar-refractivity contribution in [3.05, 3.63) is 65.9 Å². The van der Waals surface area contributed by atoms with E-state index in [1.807, 2.05) is 29.2 Å². The van der Waals surface area contributed by atoms with Gasteiger partial charge in [0.15, 0.2) is 6.23 Å². The van der Waals surface area contributed by atoms with Crippen LogP contribution in [0.15, 0.2) is 54.7 Å². The topological polar surface area (TPSA) is 106 Å². The first-order chi connectivity index (χ1) is 19.5. The highest BCUT2D eigenvalue weighted by atomic mass is 19.4. The number of anilines is 1. The average molecular weight is 574 g/mol. The number of hydrogen-bond acceptors (Lipinski definition) is 5. The fraction of sp³-hybridized carbons (Fsp3) is 0.393.